The molecule has 2 heterocycles. The Morgan fingerprint density at radius 1 is 1.33 bits per heavy atom. The third kappa shape index (κ3) is 5.18. The number of H-pyrrole nitrogens is 1. The molecule has 0 aromatic carbocycles. The maximum absolute atomic E-state index is 4.68. The van der Waals surface area contributed by atoms with Crippen LogP contribution in [-0.4, -0.2) is 73.2 Å². The van der Waals surface area contributed by atoms with Crippen LogP contribution in [0.15, 0.2) is 17.3 Å². The molecule has 2 N–H and O–H groups in total. The van der Waals surface area contributed by atoms with Crippen LogP contribution < -0.4 is 5.32 Å². The van der Waals surface area contributed by atoms with Crippen molar-refractivity contribution in [3.05, 3.63) is 23.5 Å². The maximum Gasteiger partial charge on any atom is 0.123 e. The molecule has 24 heavy (non-hydrogen) atoms. The second kappa shape index (κ2) is 8.99. The Balaban J connectivity index is 2.10. The Kier molecular flexibility index (Phi) is 6.99. The zero-order chi connectivity index (χ0) is 17.5. The van der Waals surface area contributed by atoms with E-state index in [9.17, 15) is 0 Å². The van der Waals surface area contributed by atoms with Crippen molar-refractivity contribution in [3.8, 4) is 0 Å². The normalized spacial score (nSPS) is 15.0. The number of aromatic amines is 1. The van der Waals surface area contributed by atoms with Crippen molar-refractivity contribution in [1.29, 1.82) is 0 Å². The number of rotatable bonds is 8. The van der Waals surface area contributed by atoms with Crippen molar-refractivity contribution in [3.63, 3.8) is 0 Å². The van der Waals surface area contributed by atoms with Crippen LogP contribution in [-0.2, 0) is 6.54 Å². The third-order valence-electron chi connectivity index (χ3n) is 4.20. The summed E-state index contributed by atoms with van der Waals surface area (Å²) in [5.74, 6) is 1.70. The summed E-state index contributed by atoms with van der Waals surface area (Å²) < 4.78 is 0. The van der Waals surface area contributed by atoms with Gasteiger partial charge in [-0.05, 0) is 38.1 Å². The molecule has 0 radical (unpaired) electrons. The van der Waals surface area contributed by atoms with Gasteiger partial charge in [0.15, 0.2) is 0 Å². The van der Waals surface area contributed by atoms with Crippen LogP contribution in [0.25, 0.3) is 5.57 Å². The Hall–Kier alpha value is -1.66. The second-order valence-corrected chi connectivity index (χ2v) is 7.03. The SMILES string of the molecule is CNCCN(C)Cc1c[nH]nc1C1=CC(N(C)CC(C)C)=NCC1. The first kappa shape index (κ1) is 18.7. The van der Waals surface area contributed by atoms with Gasteiger partial charge in [0.05, 0.1) is 5.69 Å². The van der Waals surface area contributed by atoms with Crippen LogP contribution >= 0.6 is 0 Å². The van der Waals surface area contributed by atoms with Crippen LogP contribution in [0.5, 0.6) is 0 Å². The molecule has 1 aromatic heterocycles. The Labute approximate surface area is 146 Å². The lowest BCUT2D eigenvalue weighted by atomic mass is 10.0. The number of nitrogens with one attached hydrogen (secondary N) is 2. The van der Waals surface area contributed by atoms with Gasteiger partial charge in [-0.2, -0.15) is 5.10 Å². The minimum atomic E-state index is 0.623. The molecule has 0 aliphatic carbocycles. The van der Waals surface area contributed by atoms with E-state index in [4.69, 9.17) is 0 Å². The smallest absolute Gasteiger partial charge is 0.123 e. The van der Waals surface area contributed by atoms with Gasteiger partial charge in [-0.15, -0.1) is 0 Å². The van der Waals surface area contributed by atoms with E-state index in [1.165, 1.54) is 11.1 Å². The molecular weight excluding hydrogens is 300 g/mol. The fourth-order valence-corrected chi connectivity index (χ4v) is 3.01. The molecule has 0 fully saturated rings. The maximum atomic E-state index is 4.68. The molecule has 0 atom stereocenters. The Morgan fingerprint density at radius 3 is 2.83 bits per heavy atom. The number of hydrogen-bond acceptors (Lipinski definition) is 5. The lowest BCUT2D eigenvalue weighted by Gasteiger charge is -2.24. The molecule has 0 saturated heterocycles. The molecule has 1 aliphatic heterocycles. The number of dihydropyridines is 1. The van der Waals surface area contributed by atoms with Gasteiger partial charge in [-0.3, -0.25) is 10.1 Å². The molecule has 0 unspecified atom stereocenters. The molecule has 0 saturated carbocycles. The summed E-state index contributed by atoms with van der Waals surface area (Å²) in [5, 5.41) is 10.8. The van der Waals surface area contributed by atoms with E-state index >= 15 is 0 Å². The molecule has 0 amide bonds. The summed E-state index contributed by atoms with van der Waals surface area (Å²) in [7, 11) is 6.25. The van der Waals surface area contributed by atoms with Crippen LogP contribution in [0.3, 0.4) is 0 Å². The highest BCUT2D eigenvalue weighted by atomic mass is 15.2. The molecular formula is C18H32N6. The van der Waals surface area contributed by atoms with E-state index in [1.807, 2.05) is 13.2 Å². The summed E-state index contributed by atoms with van der Waals surface area (Å²) in [4.78, 5) is 9.24. The van der Waals surface area contributed by atoms with E-state index in [0.29, 0.717) is 5.92 Å². The predicted octanol–water partition coefficient (Wildman–Crippen LogP) is 1.83. The lowest BCUT2D eigenvalue weighted by molar-refractivity contribution is 0.328. The van der Waals surface area contributed by atoms with Crippen molar-refractivity contribution >= 4 is 11.4 Å². The number of likely N-dealkylation sites (N-methyl/N-ethyl adjacent to an activating group) is 3. The Morgan fingerprint density at radius 2 is 2.12 bits per heavy atom. The molecule has 6 nitrogen and oxygen atoms in total. The molecule has 1 aromatic rings. The molecule has 6 heteroatoms. The van der Waals surface area contributed by atoms with Crippen molar-refractivity contribution < 1.29 is 0 Å². The minimum absolute atomic E-state index is 0.623. The number of hydrogen-bond donors (Lipinski definition) is 2. The molecule has 2 rings (SSSR count). The highest BCUT2D eigenvalue weighted by molar-refractivity contribution is 6.00. The van der Waals surface area contributed by atoms with Gasteiger partial charge in [0, 0.05) is 51.5 Å². The van der Waals surface area contributed by atoms with Gasteiger partial charge < -0.3 is 15.1 Å². The average molecular weight is 332 g/mol. The highest BCUT2D eigenvalue weighted by Crippen LogP contribution is 2.24. The first-order valence-corrected chi connectivity index (χ1v) is 8.83. The highest BCUT2D eigenvalue weighted by Gasteiger charge is 2.17. The lowest BCUT2D eigenvalue weighted by Crippen LogP contribution is -2.30. The predicted molar refractivity (Wildman–Crippen MR) is 101 cm³/mol. The van der Waals surface area contributed by atoms with Crippen molar-refractivity contribution in [2.45, 2.75) is 26.8 Å². The van der Waals surface area contributed by atoms with Gasteiger partial charge in [-0.25, -0.2) is 0 Å². The number of aromatic nitrogens is 2. The van der Waals surface area contributed by atoms with Crippen molar-refractivity contribution in [2.75, 3.05) is 47.3 Å². The number of aliphatic imine (C=N–C) groups is 1. The number of nitrogens with zero attached hydrogens (tertiary/aromatic N) is 4. The van der Waals surface area contributed by atoms with Gasteiger partial charge in [0.1, 0.15) is 5.84 Å². The van der Waals surface area contributed by atoms with Crippen LogP contribution in [0.1, 0.15) is 31.5 Å². The molecule has 0 bridgehead atoms. The van der Waals surface area contributed by atoms with E-state index in [-0.39, 0.29) is 0 Å². The zero-order valence-electron chi connectivity index (χ0n) is 15.8. The van der Waals surface area contributed by atoms with Crippen LogP contribution in [0.4, 0.5) is 0 Å². The third-order valence-corrected chi connectivity index (χ3v) is 4.20. The summed E-state index contributed by atoms with van der Waals surface area (Å²) in [6.07, 6.45) is 5.19. The number of amidine groups is 1. The summed E-state index contributed by atoms with van der Waals surface area (Å²) in [6, 6.07) is 0. The Bertz CT molecular complexity index is 572. The fourth-order valence-electron chi connectivity index (χ4n) is 3.01. The van der Waals surface area contributed by atoms with E-state index in [1.54, 1.807) is 0 Å². The van der Waals surface area contributed by atoms with Crippen LogP contribution in [0, 0.1) is 5.92 Å². The topological polar surface area (TPSA) is 59.6 Å². The summed E-state index contributed by atoms with van der Waals surface area (Å²) in [6.45, 7) is 9.23. The minimum Gasteiger partial charge on any atom is -0.360 e. The fraction of sp³-hybridized carbons (Fsp3) is 0.667. The first-order chi connectivity index (χ1) is 11.5. The van der Waals surface area contributed by atoms with Crippen molar-refractivity contribution in [1.82, 2.24) is 25.3 Å². The summed E-state index contributed by atoms with van der Waals surface area (Å²) in [5.41, 5.74) is 3.64. The second-order valence-electron chi connectivity index (χ2n) is 7.03. The largest absolute Gasteiger partial charge is 0.360 e. The first-order valence-electron chi connectivity index (χ1n) is 8.83. The molecule has 0 spiro atoms. The molecule has 1 aliphatic rings. The van der Waals surface area contributed by atoms with E-state index in [0.717, 1.165) is 50.7 Å². The van der Waals surface area contributed by atoms with Gasteiger partial charge in [0.2, 0.25) is 0 Å². The quantitative estimate of drug-likeness (QED) is 0.762. The van der Waals surface area contributed by atoms with Gasteiger partial charge in [0.25, 0.3) is 0 Å². The summed E-state index contributed by atoms with van der Waals surface area (Å²) >= 11 is 0. The standard InChI is InChI=1S/C18H32N6/c1-14(2)12-24(5)17-10-15(6-7-20-17)18-16(11-21-22-18)13-23(4)9-8-19-3/h10-11,14,19H,6-9,12-13H2,1-5H3,(H,21,22). The zero-order valence-corrected chi connectivity index (χ0v) is 15.8. The average Bonchev–Trinajstić information content (AvgIpc) is 3.00. The molecule has 134 valence electrons. The van der Waals surface area contributed by atoms with E-state index < -0.39 is 0 Å². The van der Waals surface area contributed by atoms with Crippen molar-refractivity contribution in [2.24, 2.45) is 10.9 Å². The van der Waals surface area contributed by atoms with E-state index in [2.05, 4.69) is 64.3 Å². The van der Waals surface area contributed by atoms with Gasteiger partial charge in [-0.1, -0.05) is 13.8 Å². The van der Waals surface area contributed by atoms with Gasteiger partial charge >= 0.3 is 0 Å². The monoisotopic (exact) mass is 332 g/mol. The van der Waals surface area contributed by atoms with Crippen LogP contribution in [0.2, 0.25) is 0 Å².